The maximum absolute atomic E-state index is 12.7. The average molecular weight is 688 g/mol. The van der Waals surface area contributed by atoms with E-state index in [2.05, 4.69) is 42.6 Å². The smallest absolute Gasteiger partial charge is 0.242 e. The van der Waals surface area contributed by atoms with Gasteiger partial charge in [0.25, 0.3) is 0 Å². The Hall–Kier alpha value is -2.10. The van der Waals surface area contributed by atoms with Crippen molar-refractivity contribution in [2.75, 3.05) is 44.0 Å². The predicted octanol–water partition coefficient (Wildman–Crippen LogP) is 5.15. The maximum atomic E-state index is 12.7. The molecule has 1 saturated heterocycles. The van der Waals surface area contributed by atoms with Gasteiger partial charge in [0.1, 0.15) is 22.9 Å². The van der Waals surface area contributed by atoms with Crippen molar-refractivity contribution in [3.63, 3.8) is 0 Å². The fourth-order valence-corrected chi connectivity index (χ4v) is 6.72. The number of hydrogen-bond acceptors (Lipinski definition) is 10. The number of aryl methyl sites for hydroxylation is 1. The van der Waals surface area contributed by atoms with Gasteiger partial charge >= 0.3 is 0 Å². The van der Waals surface area contributed by atoms with Crippen LogP contribution in [0.15, 0.2) is 34.7 Å². The molecule has 2 atom stereocenters. The van der Waals surface area contributed by atoms with Crippen LogP contribution in [-0.4, -0.2) is 81.6 Å². The number of aromatic nitrogens is 3. The first-order valence-corrected chi connectivity index (χ1v) is 17.1. The Bertz CT molecular complexity index is 1230. The third-order valence-electron chi connectivity index (χ3n) is 6.49. The molecule has 0 radical (unpaired) electrons. The van der Waals surface area contributed by atoms with Crippen molar-refractivity contribution in [3.05, 3.63) is 36.1 Å². The number of methoxy groups -OCH3 is 2. The number of likely N-dealkylation sites (tertiary alicyclic amines) is 1. The summed E-state index contributed by atoms with van der Waals surface area (Å²) in [5.74, 6) is 4.59. The molecule has 212 valence electrons. The van der Waals surface area contributed by atoms with Gasteiger partial charge in [0.15, 0.2) is 5.76 Å². The number of aliphatic hydroxyl groups is 1. The average Bonchev–Trinajstić information content (AvgIpc) is 3.57. The first-order chi connectivity index (χ1) is 18.9. The van der Waals surface area contributed by atoms with E-state index in [4.69, 9.17) is 13.9 Å². The van der Waals surface area contributed by atoms with Crippen LogP contribution in [-0.2, 0) is 4.79 Å². The number of para-hydroxylation sites is 1. The Labute approximate surface area is 249 Å². The first-order valence-electron chi connectivity index (χ1n) is 12.7. The summed E-state index contributed by atoms with van der Waals surface area (Å²) < 4.78 is 21.5. The molecule has 39 heavy (non-hydrogen) atoms. The monoisotopic (exact) mass is 687 g/mol. The van der Waals surface area contributed by atoms with Crippen LogP contribution in [0.3, 0.4) is 0 Å². The first kappa shape index (κ1) is 29.9. The number of aliphatic hydroxyl groups excluding tert-OH is 1. The molecule has 2 unspecified atom stereocenters. The fourth-order valence-electron chi connectivity index (χ4n) is 4.69. The topological polar surface area (TPSA) is 106 Å². The zero-order valence-electron chi connectivity index (χ0n) is 22.5. The van der Waals surface area contributed by atoms with Crippen LogP contribution in [0.25, 0.3) is 17.3 Å². The molecule has 1 aliphatic rings. The highest BCUT2D eigenvalue weighted by Gasteiger charge is 2.31. The van der Waals surface area contributed by atoms with E-state index in [0.717, 1.165) is 24.4 Å². The van der Waals surface area contributed by atoms with Crippen molar-refractivity contribution in [3.8, 4) is 28.8 Å². The van der Waals surface area contributed by atoms with Crippen LogP contribution in [0.5, 0.6) is 11.5 Å². The molecular formula is C26H34IN5O5S2. The van der Waals surface area contributed by atoms with E-state index in [-0.39, 0.29) is 23.8 Å². The minimum Gasteiger partial charge on any atom is -0.494 e. The predicted molar refractivity (Wildman–Crippen MR) is 164 cm³/mol. The Morgan fingerprint density at radius 2 is 1.97 bits per heavy atom. The van der Waals surface area contributed by atoms with E-state index < -0.39 is 0 Å². The Balaban J connectivity index is 1.76. The molecule has 1 aromatic carbocycles. The van der Waals surface area contributed by atoms with Gasteiger partial charge in [-0.25, -0.2) is 0 Å². The summed E-state index contributed by atoms with van der Waals surface area (Å²) in [4.78, 5) is 14.5. The van der Waals surface area contributed by atoms with Gasteiger partial charge in [-0.3, -0.25) is 13.7 Å². The zero-order chi connectivity index (χ0) is 27.9. The Kier molecular flexibility index (Phi) is 10.7. The summed E-state index contributed by atoms with van der Waals surface area (Å²) in [6, 6.07) is 9.24. The van der Waals surface area contributed by atoms with Gasteiger partial charge in [-0.05, 0) is 84.1 Å². The number of furan rings is 1. The minimum atomic E-state index is -0.136. The van der Waals surface area contributed by atoms with Crippen LogP contribution < -0.4 is 13.8 Å². The van der Waals surface area contributed by atoms with E-state index in [9.17, 15) is 9.90 Å². The molecule has 2 aromatic heterocycles. The number of carbonyl (C=O) groups excluding carboxylic acids is 1. The quantitative estimate of drug-likeness (QED) is 0.192. The number of carbonyl (C=O) groups is 1. The van der Waals surface area contributed by atoms with E-state index in [1.54, 1.807) is 35.1 Å². The lowest BCUT2D eigenvalue weighted by molar-refractivity contribution is -0.137. The number of rotatable bonds is 13. The maximum Gasteiger partial charge on any atom is 0.242 e. The van der Waals surface area contributed by atoms with Gasteiger partial charge in [0.05, 0.1) is 26.9 Å². The Morgan fingerprint density at radius 1 is 1.23 bits per heavy atom. The molecule has 1 amide bonds. The summed E-state index contributed by atoms with van der Waals surface area (Å²) in [5, 5.41) is 19.1. The van der Waals surface area contributed by atoms with E-state index in [1.807, 2.05) is 46.7 Å². The highest BCUT2D eigenvalue weighted by molar-refractivity contribution is 14.2. The molecule has 0 saturated carbocycles. The molecule has 10 nitrogen and oxygen atoms in total. The summed E-state index contributed by atoms with van der Waals surface area (Å²) in [5.41, 5.74) is 0.665. The summed E-state index contributed by atoms with van der Waals surface area (Å²) in [6.07, 6.45) is 2.17. The standard InChI is InChI=1S/C26H34IN5O5S2/c1-17-11-12-22(37-17)25-28-29-26(32(25)24-20(35-3)8-6-9-21(24)36-4)31(13-14-38-27)39-18(2)15-30-19(16-33)7-5-10-23(30)34/h6,8-9,11-12,18-19,33H,5,7,10,13-16H2,1-4H3. The molecule has 3 aromatic rings. The number of hydrogen-bond donors (Lipinski definition) is 1. The molecule has 4 rings (SSSR count). The highest BCUT2D eigenvalue weighted by atomic mass is 127. The summed E-state index contributed by atoms with van der Waals surface area (Å²) in [6.45, 7) is 5.15. The van der Waals surface area contributed by atoms with Crippen molar-refractivity contribution in [1.29, 1.82) is 0 Å². The van der Waals surface area contributed by atoms with Crippen LogP contribution in [0.4, 0.5) is 5.95 Å². The third-order valence-corrected chi connectivity index (χ3v) is 9.25. The molecular weight excluding hydrogens is 653 g/mol. The number of piperidine rings is 1. The molecule has 1 fully saturated rings. The molecule has 1 N–H and O–H groups in total. The van der Waals surface area contributed by atoms with Crippen LogP contribution in [0, 0.1) is 6.92 Å². The molecule has 0 aliphatic carbocycles. The minimum absolute atomic E-state index is 0.0217. The second-order valence-electron chi connectivity index (χ2n) is 9.19. The number of ether oxygens (including phenoxy) is 2. The van der Waals surface area contributed by atoms with Crippen LogP contribution in [0.1, 0.15) is 31.9 Å². The van der Waals surface area contributed by atoms with E-state index in [1.165, 1.54) is 0 Å². The van der Waals surface area contributed by atoms with Gasteiger partial charge in [-0.2, -0.15) is 0 Å². The van der Waals surface area contributed by atoms with Gasteiger partial charge in [0.2, 0.25) is 17.7 Å². The van der Waals surface area contributed by atoms with Crippen LogP contribution >= 0.6 is 42.1 Å². The fraction of sp³-hybridized carbons (Fsp3) is 0.500. The van der Waals surface area contributed by atoms with Crippen molar-refractivity contribution < 1.29 is 23.8 Å². The SMILES string of the molecule is COc1cccc(OC)c1-n1c(-c2ccc(C)o2)nnc1N(CCSI)SC(C)CN1C(=O)CCCC1CO. The lowest BCUT2D eigenvalue weighted by Gasteiger charge is -2.37. The number of anilines is 1. The normalized spacial score (nSPS) is 16.4. The van der Waals surface area contributed by atoms with Crippen molar-refractivity contribution >= 4 is 53.9 Å². The van der Waals surface area contributed by atoms with Gasteiger partial charge in [-0.1, -0.05) is 15.0 Å². The largest absolute Gasteiger partial charge is 0.494 e. The molecule has 1 aliphatic heterocycles. The zero-order valence-corrected chi connectivity index (χ0v) is 26.3. The Morgan fingerprint density at radius 3 is 2.59 bits per heavy atom. The van der Waals surface area contributed by atoms with Crippen molar-refractivity contribution in [2.45, 2.75) is 44.4 Å². The van der Waals surface area contributed by atoms with Crippen molar-refractivity contribution in [1.82, 2.24) is 19.7 Å². The summed E-state index contributed by atoms with van der Waals surface area (Å²) >= 11 is 3.89. The molecule has 0 spiro atoms. The van der Waals surface area contributed by atoms with Crippen molar-refractivity contribution in [2.24, 2.45) is 0 Å². The van der Waals surface area contributed by atoms with Gasteiger partial charge < -0.3 is 23.9 Å². The number of benzene rings is 1. The van der Waals surface area contributed by atoms with E-state index >= 15 is 0 Å². The van der Waals surface area contributed by atoms with Gasteiger partial charge in [0, 0.05) is 30.5 Å². The van der Waals surface area contributed by atoms with Gasteiger partial charge in [-0.15, -0.1) is 10.2 Å². The summed E-state index contributed by atoms with van der Waals surface area (Å²) in [7, 11) is 4.94. The second kappa shape index (κ2) is 14.0. The number of halogens is 1. The molecule has 13 heteroatoms. The lowest BCUT2D eigenvalue weighted by Crippen LogP contribution is -2.48. The number of nitrogens with zero attached hydrogens (tertiary/aromatic N) is 5. The lowest BCUT2D eigenvalue weighted by atomic mass is 10.0. The molecule has 0 bridgehead atoms. The third kappa shape index (κ3) is 6.80. The second-order valence-corrected chi connectivity index (χ2v) is 13.1. The number of amides is 1. The highest BCUT2D eigenvalue weighted by Crippen LogP contribution is 2.40. The molecule has 3 heterocycles. The van der Waals surface area contributed by atoms with E-state index in [0.29, 0.717) is 54.2 Å². The van der Waals surface area contributed by atoms with Crippen LogP contribution in [0.2, 0.25) is 0 Å².